The molecule has 3 amide bonds. The summed E-state index contributed by atoms with van der Waals surface area (Å²) in [5.41, 5.74) is 2.34. The quantitative estimate of drug-likeness (QED) is 0.439. The van der Waals surface area contributed by atoms with E-state index >= 15 is 0 Å². The van der Waals surface area contributed by atoms with E-state index in [1.807, 2.05) is 36.6 Å². The van der Waals surface area contributed by atoms with Gasteiger partial charge in [0.2, 0.25) is 5.91 Å². The van der Waals surface area contributed by atoms with Crippen LogP contribution in [0, 0.1) is 0 Å². The number of nitrogens with one attached hydrogen (secondary N) is 2. The van der Waals surface area contributed by atoms with Gasteiger partial charge in [-0.1, -0.05) is 18.2 Å². The lowest BCUT2D eigenvalue weighted by Crippen LogP contribution is -2.50. The Balaban J connectivity index is 1.48. The summed E-state index contributed by atoms with van der Waals surface area (Å²) in [6.45, 7) is -0.0585. The molecule has 2 aliphatic heterocycles. The molecular formula is C24H25N3O6S. The number of nitrogens with zero attached hydrogens (tertiary/aromatic N) is 1. The van der Waals surface area contributed by atoms with Gasteiger partial charge in [-0.3, -0.25) is 9.69 Å². The topological polar surface area (TPSA) is 106 Å². The minimum atomic E-state index is -0.625. The molecule has 4 rings (SSSR count). The molecule has 2 heterocycles. The van der Waals surface area contributed by atoms with Crippen LogP contribution in [0.25, 0.3) is 0 Å². The van der Waals surface area contributed by atoms with E-state index in [0.717, 1.165) is 16.0 Å². The van der Waals surface area contributed by atoms with Gasteiger partial charge in [0.05, 0.1) is 31.5 Å². The maximum Gasteiger partial charge on any atom is 0.338 e. The van der Waals surface area contributed by atoms with Gasteiger partial charge >= 0.3 is 12.0 Å². The average Bonchev–Trinajstić information content (AvgIpc) is 3.25. The number of carbonyl (C=O) groups excluding carboxylic acids is 3. The highest BCUT2D eigenvalue weighted by molar-refractivity contribution is 7.98. The van der Waals surface area contributed by atoms with Crippen molar-refractivity contribution < 1.29 is 28.6 Å². The summed E-state index contributed by atoms with van der Waals surface area (Å²) in [5.74, 6) is 0.270. The Bertz CT molecular complexity index is 1150. The molecule has 10 heteroatoms. The molecule has 2 N–H and O–H groups in total. The summed E-state index contributed by atoms with van der Waals surface area (Å²) >= 11 is 1.60. The Morgan fingerprint density at radius 2 is 1.88 bits per heavy atom. The van der Waals surface area contributed by atoms with Crippen molar-refractivity contribution in [3.63, 3.8) is 0 Å². The van der Waals surface area contributed by atoms with Crippen LogP contribution in [0.3, 0.4) is 0 Å². The number of urea groups is 1. The zero-order valence-corrected chi connectivity index (χ0v) is 19.9. The molecule has 9 nitrogen and oxygen atoms in total. The fourth-order valence-corrected chi connectivity index (χ4v) is 4.32. The zero-order chi connectivity index (χ0) is 24.2. The number of rotatable bonds is 8. The van der Waals surface area contributed by atoms with Gasteiger partial charge < -0.3 is 24.8 Å². The van der Waals surface area contributed by atoms with Crippen LogP contribution < -0.4 is 20.1 Å². The summed E-state index contributed by atoms with van der Waals surface area (Å²) < 4.78 is 15.7. The number of methoxy groups -OCH3 is 2. The molecule has 0 spiro atoms. The summed E-state index contributed by atoms with van der Waals surface area (Å²) in [5, 5.41) is 5.63. The Morgan fingerprint density at radius 3 is 2.56 bits per heavy atom. The van der Waals surface area contributed by atoms with Crippen LogP contribution in [-0.2, 0) is 20.9 Å². The number of hydrogen-bond donors (Lipinski definition) is 2. The predicted octanol–water partition coefficient (Wildman–Crippen LogP) is 2.62. The highest BCUT2D eigenvalue weighted by atomic mass is 32.2. The fourth-order valence-electron chi connectivity index (χ4n) is 3.92. The number of hydrogen-bond acceptors (Lipinski definition) is 7. The van der Waals surface area contributed by atoms with E-state index < -0.39 is 18.0 Å². The molecule has 0 aliphatic carbocycles. The van der Waals surface area contributed by atoms with Gasteiger partial charge in [-0.05, 0) is 41.6 Å². The maximum atomic E-state index is 12.9. The van der Waals surface area contributed by atoms with E-state index in [-0.39, 0.29) is 25.6 Å². The van der Waals surface area contributed by atoms with E-state index in [0.29, 0.717) is 22.8 Å². The van der Waals surface area contributed by atoms with Crippen molar-refractivity contribution >= 4 is 29.7 Å². The van der Waals surface area contributed by atoms with Crippen LogP contribution in [0.5, 0.6) is 11.5 Å². The Labute approximate surface area is 201 Å². The van der Waals surface area contributed by atoms with Crippen LogP contribution in [0.1, 0.15) is 17.2 Å². The molecule has 0 radical (unpaired) electrons. The van der Waals surface area contributed by atoms with Gasteiger partial charge in [0.25, 0.3) is 0 Å². The van der Waals surface area contributed by atoms with Crippen LogP contribution in [0.2, 0.25) is 0 Å². The van der Waals surface area contributed by atoms with Crippen molar-refractivity contribution in [2.24, 2.45) is 0 Å². The zero-order valence-electron chi connectivity index (χ0n) is 19.0. The monoisotopic (exact) mass is 483 g/mol. The third-order valence-corrected chi connectivity index (χ3v) is 6.43. The number of cyclic esters (lactones) is 1. The summed E-state index contributed by atoms with van der Waals surface area (Å²) in [6, 6.07) is 11.9. The molecule has 2 aliphatic rings. The lowest BCUT2D eigenvalue weighted by molar-refractivity contribution is -0.136. The van der Waals surface area contributed by atoms with Gasteiger partial charge in [0, 0.05) is 11.4 Å². The molecule has 1 unspecified atom stereocenters. The minimum absolute atomic E-state index is 0.0516. The van der Waals surface area contributed by atoms with Gasteiger partial charge in [0.15, 0.2) is 11.5 Å². The first kappa shape index (κ1) is 23.5. The number of carbonyl (C=O) groups is 3. The van der Waals surface area contributed by atoms with E-state index in [9.17, 15) is 14.4 Å². The Hall–Kier alpha value is -3.66. The van der Waals surface area contributed by atoms with Crippen LogP contribution in [0.4, 0.5) is 4.79 Å². The van der Waals surface area contributed by atoms with Crippen LogP contribution in [0.15, 0.2) is 58.6 Å². The lowest BCUT2D eigenvalue weighted by atomic mass is 9.96. The van der Waals surface area contributed by atoms with Crippen LogP contribution >= 0.6 is 11.8 Å². The third kappa shape index (κ3) is 4.67. The molecule has 0 bridgehead atoms. The molecule has 0 saturated carbocycles. The number of amides is 3. The molecule has 34 heavy (non-hydrogen) atoms. The summed E-state index contributed by atoms with van der Waals surface area (Å²) in [4.78, 5) is 40.4. The summed E-state index contributed by atoms with van der Waals surface area (Å²) in [6.07, 6.45) is 1.97. The molecule has 0 saturated heterocycles. The van der Waals surface area contributed by atoms with E-state index in [1.54, 1.807) is 31.0 Å². The van der Waals surface area contributed by atoms with Gasteiger partial charge in [0.1, 0.15) is 13.2 Å². The molecule has 2 aromatic rings. The Morgan fingerprint density at radius 1 is 1.15 bits per heavy atom. The highest BCUT2D eigenvalue weighted by Crippen LogP contribution is 2.35. The van der Waals surface area contributed by atoms with Gasteiger partial charge in [-0.2, -0.15) is 0 Å². The lowest BCUT2D eigenvalue weighted by Gasteiger charge is -2.32. The van der Waals surface area contributed by atoms with Crippen LogP contribution in [-0.4, -0.2) is 56.4 Å². The standard InChI is InChI=1S/C24H25N3O6S/c1-31-18-9-4-14(10-19(18)32-2)11-25-20(28)12-27-17-13-33-23(29)21(17)22(26-24(27)30)15-5-7-16(34-3)8-6-15/h4-10,22H,11-13H2,1-3H3,(H,25,28)(H,26,30). The van der Waals surface area contributed by atoms with Crippen molar-refractivity contribution in [2.75, 3.05) is 33.6 Å². The van der Waals surface area contributed by atoms with Crippen molar-refractivity contribution in [1.29, 1.82) is 0 Å². The number of benzene rings is 2. The predicted molar refractivity (Wildman–Crippen MR) is 126 cm³/mol. The molecule has 0 aromatic heterocycles. The van der Waals surface area contributed by atoms with Gasteiger partial charge in [-0.25, -0.2) is 9.59 Å². The molecule has 1 atom stereocenters. The van der Waals surface area contributed by atoms with E-state index in [4.69, 9.17) is 14.2 Å². The van der Waals surface area contributed by atoms with E-state index in [1.165, 1.54) is 12.0 Å². The van der Waals surface area contributed by atoms with Crippen molar-refractivity contribution in [1.82, 2.24) is 15.5 Å². The first-order valence-electron chi connectivity index (χ1n) is 10.5. The molecule has 0 fully saturated rings. The van der Waals surface area contributed by atoms with Crippen molar-refractivity contribution in [3.05, 3.63) is 64.9 Å². The third-order valence-electron chi connectivity index (χ3n) is 5.69. The number of esters is 1. The largest absolute Gasteiger partial charge is 0.493 e. The number of ether oxygens (including phenoxy) is 3. The number of thioether (sulfide) groups is 1. The minimum Gasteiger partial charge on any atom is -0.493 e. The second-order valence-corrected chi connectivity index (χ2v) is 8.52. The first-order chi connectivity index (χ1) is 16.4. The Kier molecular flexibility index (Phi) is 6.97. The first-order valence-corrected chi connectivity index (χ1v) is 11.8. The van der Waals surface area contributed by atoms with Crippen molar-refractivity contribution in [2.45, 2.75) is 17.5 Å². The highest BCUT2D eigenvalue weighted by Gasteiger charge is 2.42. The molecular weight excluding hydrogens is 458 g/mol. The van der Waals surface area contributed by atoms with Crippen molar-refractivity contribution in [3.8, 4) is 11.5 Å². The molecule has 178 valence electrons. The smallest absolute Gasteiger partial charge is 0.338 e. The second-order valence-electron chi connectivity index (χ2n) is 7.64. The van der Waals surface area contributed by atoms with Gasteiger partial charge in [-0.15, -0.1) is 11.8 Å². The fraction of sp³-hybridized carbons (Fsp3) is 0.292. The average molecular weight is 484 g/mol. The van der Waals surface area contributed by atoms with E-state index in [2.05, 4.69) is 10.6 Å². The normalized spacial score (nSPS) is 17.1. The SMILES string of the molecule is COc1ccc(CNC(=O)CN2C(=O)NC(c3ccc(SC)cc3)C3=C2COC3=O)cc1OC. The second kappa shape index (κ2) is 10.1. The molecule has 2 aromatic carbocycles. The maximum absolute atomic E-state index is 12.9. The summed E-state index contributed by atoms with van der Waals surface area (Å²) in [7, 11) is 3.09.